The first kappa shape index (κ1) is 20.9. The van der Waals surface area contributed by atoms with Crippen molar-refractivity contribution >= 4 is 11.6 Å². The maximum atomic E-state index is 12.4. The smallest absolute Gasteiger partial charge is 0.227 e. The van der Waals surface area contributed by atoms with Crippen LogP contribution in [0.4, 0.5) is 5.69 Å². The lowest BCUT2D eigenvalue weighted by Crippen LogP contribution is -2.45. The molecule has 2 aliphatic heterocycles. The van der Waals surface area contributed by atoms with Crippen LogP contribution in [0.1, 0.15) is 55.8 Å². The highest BCUT2D eigenvalue weighted by atomic mass is 16.5. The first-order valence-corrected chi connectivity index (χ1v) is 11.1. The second-order valence-electron chi connectivity index (χ2n) is 8.65. The number of carbonyl (C=O) groups is 1. The van der Waals surface area contributed by atoms with Crippen LogP contribution in [0.3, 0.4) is 0 Å². The van der Waals surface area contributed by atoms with Crippen molar-refractivity contribution in [2.24, 2.45) is 0 Å². The van der Waals surface area contributed by atoms with Gasteiger partial charge in [0, 0.05) is 37.7 Å². The Morgan fingerprint density at radius 1 is 1.17 bits per heavy atom. The molecule has 0 unspecified atom stereocenters. The Morgan fingerprint density at radius 3 is 2.73 bits per heavy atom. The number of fused-ring (bicyclic) bond motifs is 1. The summed E-state index contributed by atoms with van der Waals surface area (Å²) in [5, 5.41) is 7.47. The molecule has 4 rings (SSSR count). The van der Waals surface area contributed by atoms with Crippen LogP contribution in [0.2, 0.25) is 0 Å². The van der Waals surface area contributed by atoms with Crippen LogP contribution in [-0.4, -0.2) is 31.6 Å². The minimum Gasteiger partial charge on any atom is -0.488 e. The van der Waals surface area contributed by atoms with Crippen LogP contribution in [-0.2, 0) is 17.8 Å². The van der Waals surface area contributed by atoms with Gasteiger partial charge in [-0.15, -0.1) is 0 Å². The number of nitrogens with zero attached hydrogens (tertiary/aromatic N) is 1. The van der Waals surface area contributed by atoms with Gasteiger partial charge in [0.1, 0.15) is 5.75 Å². The summed E-state index contributed by atoms with van der Waals surface area (Å²) < 4.78 is 6.26. The molecule has 2 N–H and O–H groups in total. The number of hydrogen-bond donors (Lipinski definition) is 2. The third-order valence-electron chi connectivity index (χ3n) is 6.14. The maximum Gasteiger partial charge on any atom is 0.227 e. The van der Waals surface area contributed by atoms with Crippen LogP contribution < -0.4 is 20.3 Å². The molecule has 2 atom stereocenters. The molecule has 0 saturated carbocycles. The highest BCUT2D eigenvalue weighted by Gasteiger charge is 2.29. The Morgan fingerprint density at radius 2 is 1.97 bits per heavy atom. The van der Waals surface area contributed by atoms with E-state index in [1.54, 1.807) is 4.90 Å². The molecule has 5 heteroatoms. The number of nitrogens with one attached hydrogen (secondary N) is 2. The van der Waals surface area contributed by atoms with Gasteiger partial charge in [0.25, 0.3) is 0 Å². The molecule has 2 aliphatic rings. The number of aryl methyl sites for hydroxylation is 1. The summed E-state index contributed by atoms with van der Waals surface area (Å²) in [4.78, 5) is 14.1. The third-order valence-corrected chi connectivity index (χ3v) is 6.14. The largest absolute Gasteiger partial charge is 0.488 e. The molecule has 0 radical (unpaired) electrons. The lowest BCUT2D eigenvalue weighted by Gasteiger charge is -2.34. The van der Waals surface area contributed by atoms with E-state index in [9.17, 15) is 4.79 Å². The zero-order valence-corrected chi connectivity index (χ0v) is 18.3. The van der Waals surface area contributed by atoms with Crippen LogP contribution in [0, 0.1) is 0 Å². The van der Waals surface area contributed by atoms with Crippen molar-refractivity contribution in [1.82, 2.24) is 10.6 Å². The van der Waals surface area contributed by atoms with Gasteiger partial charge in [-0.05, 0) is 50.8 Å². The van der Waals surface area contributed by atoms with Gasteiger partial charge >= 0.3 is 0 Å². The summed E-state index contributed by atoms with van der Waals surface area (Å²) in [5.74, 6) is 1.01. The normalized spacial score (nSPS) is 21.6. The van der Waals surface area contributed by atoms with Gasteiger partial charge in [0.2, 0.25) is 5.91 Å². The number of piperidine rings is 1. The van der Waals surface area contributed by atoms with Crippen molar-refractivity contribution < 1.29 is 9.53 Å². The standard InChI is InChI=1S/C25H33N3O2/c1-17(2)30-25-20(12-11-19-13-14-22(29)28(3)24(19)25)16-27-21-10-7-15-26-23(21)18-8-5-4-6-9-18/h4-6,8-9,11-12,17,21,23,26-27H,7,10,13-16H2,1-3H3/t21-,23-/m0/s1. The van der Waals surface area contributed by atoms with Crippen molar-refractivity contribution in [3.05, 3.63) is 59.2 Å². The number of ether oxygens (including phenoxy) is 1. The van der Waals surface area contributed by atoms with E-state index in [2.05, 4.69) is 53.1 Å². The molecule has 1 fully saturated rings. The summed E-state index contributed by atoms with van der Waals surface area (Å²) in [7, 11) is 1.86. The maximum absolute atomic E-state index is 12.4. The molecule has 1 amide bonds. The minimum atomic E-state index is 0.0501. The number of hydrogen-bond acceptors (Lipinski definition) is 4. The first-order valence-electron chi connectivity index (χ1n) is 11.1. The average Bonchev–Trinajstić information content (AvgIpc) is 2.76. The summed E-state index contributed by atoms with van der Waals surface area (Å²) in [6, 6.07) is 15.7. The fourth-order valence-corrected chi connectivity index (χ4v) is 4.62. The van der Waals surface area contributed by atoms with Gasteiger partial charge in [-0.2, -0.15) is 0 Å². The fourth-order valence-electron chi connectivity index (χ4n) is 4.62. The molecule has 2 aromatic carbocycles. The molecule has 0 aromatic heterocycles. The summed E-state index contributed by atoms with van der Waals surface area (Å²) >= 11 is 0. The van der Waals surface area contributed by atoms with Crippen molar-refractivity contribution in [1.29, 1.82) is 0 Å². The van der Waals surface area contributed by atoms with Crippen molar-refractivity contribution in [2.75, 3.05) is 18.5 Å². The van der Waals surface area contributed by atoms with Crippen LogP contribution in [0.25, 0.3) is 0 Å². The third kappa shape index (κ3) is 4.37. The van der Waals surface area contributed by atoms with E-state index in [0.29, 0.717) is 25.0 Å². The molecule has 2 aromatic rings. The lowest BCUT2D eigenvalue weighted by atomic mass is 9.92. The zero-order valence-electron chi connectivity index (χ0n) is 18.3. The van der Waals surface area contributed by atoms with E-state index < -0.39 is 0 Å². The topological polar surface area (TPSA) is 53.6 Å². The van der Waals surface area contributed by atoms with E-state index in [1.807, 2.05) is 20.9 Å². The second-order valence-corrected chi connectivity index (χ2v) is 8.65. The van der Waals surface area contributed by atoms with Crippen LogP contribution in [0.5, 0.6) is 5.75 Å². The first-order chi connectivity index (χ1) is 14.5. The van der Waals surface area contributed by atoms with Gasteiger partial charge < -0.3 is 20.3 Å². The van der Waals surface area contributed by atoms with Crippen molar-refractivity contribution in [2.45, 2.75) is 64.3 Å². The molecule has 0 spiro atoms. The SMILES string of the molecule is CC(C)Oc1c(CN[C@H]2CCCN[C@H]2c2ccccc2)ccc2c1N(C)C(=O)CC2. The Balaban J connectivity index is 1.59. The molecule has 5 nitrogen and oxygen atoms in total. The molecule has 160 valence electrons. The molecular weight excluding hydrogens is 374 g/mol. The van der Waals surface area contributed by atoms with E-state index >= 15 is 0 Å². The van der Waals surface area contributed by atoms with Crippen molar-refractivity contribution in [3.63, 3.8) is 0 Å². The lowest BCUT2D eigenvalue weighted by molar-refractivity contribution is -0.118. The molecule has 1 saturated heterocycles. The van der Waals surface area contributed by atoms with Crippen LogP contribution in [0.15, 0.2) is 42.5 Å². The van der Waals surface area contributed by atoms with Gasteiger partial charge in [0.05, 0.1) is 11.8 Å². The van der Waals surface area contributed by atoms with Gasteiger partial charge in [-0.3, -0.25) is 4.79 Å². The zero-order chi connectivity index (χ0) is 21.1. The molecular formula is C25H33N3O2. The number of anilines is 1. The Kier molecular flexibility index (Phi) is 6.40. The summed E-state index contributed by atoms with van der Waals surface area (Å²) in [6.07, 6.45) is 3.69. The van der Waals surface area contributed by atoms with Gasteiger partial charge in [0.15, 0.2) is 0 Å². The van der Waals surface area contributed by atoms with Gasteiger partial charge in [-0.25, -0.2) is 0 Å². The molecule has 0 aliphatic carbocycles. The predicted molar refractivity (Wildman–Crippen MR) is 121 cm³/mol. The molecule has 30 heavy (non-hydrogen) atoms. The van der Waals surface area contributed by atoms with E-state index in [-0.39, 0.29) is 12.0 Å². The number of carbonyl (C=O) groups excluding carboxylic acids is 1. The molecule has 2 heterocycles. The van der Waals surface area contributed by atoms with E-state index in [1.165, 1.54) is 11.1 Å². The quantitative estimate of drug-likeness (QED) is 0.761. The van der Waals surface area contributed by atoms with Crippen LogP contribution >= 0.6 is 0 Å². The average molecular weight is 408 g/mol. The Bertz CT molecular complexity index is 881. The van der Waals surface area contributed by atoms with Crippen molar-refractivity contribution in [3.8, 4) is 5.75 Å². The van der Waals surface area contributed by atoms with Gasteiger partial charge in [-0.1, -0.05) is 42.5 Å². The summed E-state index contributed by atoms with van der Waals surface area (Å²) in [6.45, 7) is 5.84. The fraction of sp³-hybridized carbons (Fsp3) is 0.480. The minimum absolute atomic E-state index is 0.0501. The molecule has 0 bridgehead atoms. The highest BCUT2D eigenvalue weighted by molar-refractivity contribution is 5.98. The number of benzene rings is 2. The number of rotatable bonds is 6. The second kappa shape index (κ2) is 9.19. The Hall–Kier alpha value is -2.37. The predicted octanol–water partition coefficient (Wildman–Crippen LogP) is 3.97. The number of amides is 1. The summed E-state index contributed by atoms with van der Waals surface area (Å²) in [5.41, 5.74) is 4.57. The van der Waals surface area contributed by atoms with E-state index in [4.69, 9.17) is 4.74 Å². The highest BCUT2D eigenvalue weighted by Crippen LogP contribution is 2.39. The Labute approximate surface area is 179 Å². The van der Waals surface area contributed by atoms with E-state index in [0.717, 1.165) is 42.8 Å². The monoisotopic (exact) mass is 407 g/mol.